The van der Waals surface area contributed by atoms with Crippen molar-refractivity contribution in [2.75, 3.05) is 19.5 Å². The molecule has 0 aliphatic carbocycles. The van der Waals surface area contributed by atoms with Crippen LogP contribution >= 0.6 is 0 Å². The van der Waals surface area contributed by atoms with Crippen LogP contribution in [-0.2, 0) is 11.2 Å². The quantitative estimate of drug-likeness (QED) is 0.921. The third-order valence-corrected chi connectivity index (χ3v) is 3.19. The summed E-state index contributed by atoms with van der Waals surface area (Å²) in [7, 11) is 2.88. The summed E-state index contributed by atoms with van der Waals surface area (Å²) < 4.78 is 24.1. The SMILES string of the molecule is COc1cc(F)c(NC(=O)Cc2cccc(C)c2)cc1OC. The molecule has 5 heteroatoms. The molecule has 0 atom stereocenters. The van der Waals surface area contributed by atoms with Crippen LogP contribution in [0.1, 0.15) is 11.1 Å². The molecule has 0 fully saturated rings. The summed E-state index contributed by atoms with van der Waals surface area (Å²) in [6.45, 7) is 1.95. The molecule has 0 unspecified atom stereocenters. The minimum absolute atomic E-state index is 0.0651. The van der Waals surface area contributed by atoms with Gasteiger partial charge in [-0.2, -0.15) is 0 Å². The van der Waals surface area contributed by atoms with Gasteiger partial charge in [0.15, 0.2) is 17.3 Å². The second-order valence-corrected chi connectivity index (χ2v) is 4.90. The van der Waals surface area contributed by atoms with E-state index in [1.807, 2.05) is 31.2 Å². The van der Waals surface area contributed by atoms with Gasteiger partial charge < -0.3 is 14.8 Å². The number of nitrogens with one attached hydrogen (secondary N) is 1. The molecule has 0 heterocycles. The second kappa shape index (κ2) is 6.93. The average molecular weight is 303 g/mol. The summed E-state index contributed by atoms with van der Waals surface area (Å²) in [4.78, 5) is 12.0. The summed E-state index contributed by atoms with van der Waals surface area (Å²) in [6, 6.07) is 10.2. The maximum Gasteiger partial charge on any atom is 0.228 e. The summed E-state index contributed by atoms with van der Waals surface area (Å²) in [5.74, 6) is -0.238. The molecule has 116 valence electrons. The molecular formula is C17H18FNO3. The second-order valence-electron chi connectivity index (χ2n) is 4.90. The molecule has 0 spiro atoms. The Kier molecular flexibility index (Phi) is 4.99. The molecule has 0 aromatic heterocycles. The van der Waals surface area contributed by atoms with Gasteiger partial charge in [0.1, 0.15) is 0 Å². The molecular weight excluding hydrogens is 285 g/mol. The van der Waals surface area contributed by atoms with Gasteiger partial charge in [0.2, 0.25) is 5.91 Å². The molecule has 0 aliphatic heterocycles. The maximum absolute atomic E-state index is 14.0. The highest BCUT2D eigenvalue weighted by molar-refractivity contribution is 5.92. The fourth-order valence-corrected chi connectivity index (χ4v) is 2.15. The van der Waals surface area contributed by atoms with E-state index in [0.717, 1.165) is 11.1 Å². The minimum Gasteiger partial charge on any atom is -0.493 e. The predicted octanol–water partition coefficient (Wildman–Crippen LogP) is 3.33. The van der Waals surface area contributed by atoms with Crippen LogP contribution in [0.15, 0.2) is 36.4 Å². The third-order valence-electron chi connectivity index (χ3n) is 3.19. The molecule has 2 aromatic rings. The topological polar surface area (TPSA) is 47.6 Å². The first-order valence-electron chi connectivity index (χ1n) is 6.80. The molecule has 0 aliphatic rings. The number of hydrogen-bond donors (Lipinski definition) is 1. The van der Waals surface area contributed by atoms with Crippen LogP contribution in [-0.4, -0.2) is 20.1 Å². The van der Waals surface area contributed by atoms with E-state index in [9.17, 15) is 9.18 Å². The first-order valence-corrected chi connectivity index (χ1v) is 6.80. The van der Waals surface area contributed by atoms with Crippen LogP contribution < -0.4 is 14.8 Å². The van der Waals surface area contributed by atoms with Gasteiger partial charge in [-0.05, 0) is 12.5 Å². The lowest BCUT2D eigenvalue weighted by Gasteiger charge is -2.12. The smallest absolute Gasteiger partial charge is 0.228 e. The fourth-order valence-electron chi connectivity index (χ4n) is 2.15. The van der Waals surface area contributed by atoms with Crippen molar-refractivity contribution in [1.82, 2.24) is 0 Å². The zero-order chi connectivity index (χ0) is 16.1. The number of rotatable bonds is 5. The van der Waals surface area contributed by atoms with E-state index in [4.69, 9.17) is 9.47 Å². The van der Waals surface area contributed by atoms with Crippen LogP contribution in [0.2, 0.25) is 0 Å². The van der Waals surface area contributed by atoms with E-state index >= 15 is 0 Å². The lowest BCUT2D eigenvalue weighted by Crippen LogP contribution is -2.15. The van der Waals surface area contributed by atoms with Crippen LogP contribution in [0.5, 0.6) is 11.5 Å². The molecule has 22 heavy (non-hydrogen) atoms. The number of ether oxygens (including phenoxy) is 2. The number of hydrogen-bond acceptors (Lipinski definition) is 3. The Balaban J connectivity index is 2.14. The van der Waals surface area contributed by atoms with Crippen molar-refractivity contribution in [3.8, 4) is 11.5 Å². The standard InChI is InChI=1S/C17H18FNO3/c1-11-5-4-6-12(7-11)8-17(20)19-14-10-16(22-3)15(21-2)9-13(14)18/h4-7,9-10H,8H2,1-3H3,(H,19,20). The number of aryl methyl sites for hydroxylation is 1. The average Bonchev–Trinajstić information content (AvgIpc) is 2.48. The summed E-state index contributed by atoms with van der Waals surface area (Å²) >= 11 is 0. The van der Waals surface area contributed by atoms with E-state index in [1.165, 1.54) is 26.4 Å². The van der Waals surface area contributed by atoms with Crippen molar-refractivity contribution < 1.29 is 18.7 Å². The summed E-state index contributed by atoms with van der Waals surface area (Å²) in [5.41, 5.74) is 2.01. The number of carbonyl (C=O) groups excluding carboxylic acids is 1. The molecule has 1 N–H and O–H groups in total. The largest absolute Gasteiger partial charge is 0.493 e. The third kappa shape index (κ3) is 3.75. The van der Waals surface area contributed by atoms with E-state index in [1.54, 1.807) is 0 Å². The Morgan fingerprint density at radius 1 is 1.14 bits per heavy atom. The van der Waals surface area contributed by atoms with Gasteiger partial charge in [0.25, 0.3) is 0 Å². The molecule has 2 rings (SSSR count). The van der Waals surface area contributed by atoms with E-state index in [0.29, 0.717) is 5.75 Å². The number of amides is 1. The Hall–Kier alpha value is -2.56. The first-order chi connectivity index (χ1) is 10.5. The normalized spacial score (nSPS) is 10.2. The van der Waals surface area contributed by atoms with Crippen molar-refractivity contribution in [2.45, 2.75) is 13.3 Å². The van der Waals surface area contributed by atoms with Gasteiger partial charge in [-0.1, -0.05) is 29.8 Å². The molecule has 2 aromatic carbocycles. The van der Waals surface area contributed by atoms with Crippen LogP contribution in [0.25, 0.3) is 0 Å². The highest BCUT2D eigenvalue weighted by Crippen LogP contribution is 2.32. The van der Waals surface area contributed by atoms with Crippen LogP contribution in [0.3, 0.4) is 0 Å². The monoisotopic (exact) mass is 303 g/mol. The van der Waals surface area contributed by atoms with Gasteiger partial charge in [-0.3, -0.25) is 4.79 Å². The van der Waals surface area contributed by atoms with E-state index in [-0.39, 0.29) is 23.8 Å². The molecule has 0 bridgehead atoms. The summed E-state index contributed by atoms with van der Waals surface area (Å²) in [5, 5.41) is 2.55. The van der Waals surface area contributed by atoms with Crippen molar-refractivity contribution in [1.29, 1.82) is 0 Å². The Morgan fingerprint density at radius 3 is 2.45 bits per heavy atom. The van der Waals surface area contributed by atoms with Crippen LogP contribution in [0, 0.1) is 12.7 Å². The van der Waals surface area contributed by atoms with Crippen molar-refractivity contribution >= 4 is 11.6 Å². The fraction of sp³-hybridized carbons (Fsp3) is 0.235. The number of halogens is 1. The van der Waals surface area contributed by atoms with Crippen molar-refractivity contribution in [2.24, 2.45) is 0 Å². The first kappa shape index (κ1) is 15.8. The minimum atomic E-state index is -0.574. The maximum atomic E-state index is 14.0. The zero-order valence-corrected chi connectivity index (χ0v) is 12.8. The van der Waals surface area contributed by atoms with Gasteiger partial charge in [-0.25, -0.2) is 4.39 Å². The summed E-state index contributed by atoms with van der Waals surface area (Å²) in [6.07, 6.45) is 0.176. The predicted molar refractivity (Wildman–Crippen MR) is 83.0 cm³/mol. The Labute approximate surface area is 128 Å². The Morgan fingerprint density at radius 2 is 1.82 bits per heavy atom. The highest BCUT2D eigenvalue weighted by Gasteiger charge is 2.13. The van der Waals surface area contributed by atoms with Gasteiger partial charge >= 0.3 is 0 Å². The van der Waals surface area contributed by atoms with Gasteiger partial charge in [0, 0.05) is 12.1 Å². The molecule has 4 nitrogen and oxygen atoms in total. The van der Waals surface area contributed by atoms with Crippen molar-refractivity contribution in [3.63, 3.8) is 0 Å². The van der Waals surface area contributed by atoms with E-state index < -0.39 is 5.82 Å². The molecule has 1 amide bonds. The Bertz CT molecular complexity index is 686. The van der Waals surface area contributed by atoms with E-state index in [2.05, 4.69) is 5.32 Å². The van der Waals surface area contributed by atoms with Crippen LogP contribution in [0.4, 0.5) is 10.1 Å². The number of carbonyl (C=O) groups is 1. The number of anilines is 1. The zero-order valence-electron chi connectivity index (χ0n) is 12.8. The van der Waals surface area contributed by atoms with Crippen molar-refractivity contribution in [3.05, 3.63) is 53.3 Å². The number of benzene rings is 2. The lowest BCUT2D eigenvalue weighted by atomic mass is 10.1. The molecule has 0 saturated heterocycles. The van der Waals surface area contributed by atoms with Gasteiger partial charge in [0.05, 0.1) is 26.3 Å². The molecule has 0 radical (unpaired) electrons. The number of methoxy groups -OCH3 is 2. The lowest BCUT2D eigenvalue weighted by molar-refractivity contribution is -0.115. The molecule has 0 saturated carbocycles. The highest BCUT2D eigenvalue weighted by atomic mass is 19.1. The van der Waals surface area contributed by atoms with Gasteiger partial charge in [-0.15, -0.1) is 0 Å².